The van der Waals surface area contributed by atoms with Gasteiger partial charge in [-0.15, -0.1) is 0 Å². The number of carbonyl (C=O) groups excluding carboxylic acids is 3. The van der Waals surface area contributed by atoms with Crippen LogP contribution >= 0.6 is 0 Å². The zero-order valence-electron chi connectivity index (χ0n) is 19.5. The number of benzene rings is 2. The highest BCUT2D eigenvalue weighted by Gasteiger charge is 2.43. The summed E-state index contributed by atoms with van der Waals surface area (Å²) in [7, 11) is 0. The maximum Gasteiger partial charge on any atom is 0.245 e. The average Bonchev–Trinajstić information content (AvgIpc) is 3.25. The molecule has 4 rings (SSSR count). The summed E-state index contributed by atoms with van der Waals surface area (Å²) in [6, 6.07) is 16.1. The van der Waals surface area contributed by atoms with Crippen molar-refractivity contribution >= 4 is 17.7 Å². The molecule has 0 spiro atoms. The maximum absolute atomic E-state index is 13.2. The number of hydrogen-bond acceptors (Lipinski definition) is 3. The second kappa shape index (κ2) is 9.38. The van der Waals surface area contributed by atoms with E-state index in [9.17, 15) is 14.4 Å². The zero-order chi connectivity index (χ0) is 23.6. The van der Waals surface area contributed by atoms with Crippen molar-refractivity contribution in [2.75, 3.05) is 19.6 Å². The van der Waals surface area contributed by atoms with Crippen molar-refractivity contribution < 1.29 is 14.4 Å². The Kier molecular flexibility index (Phi) is 6.54. The van der Waals surface area contributed by atoms with Crippen LogP contribution < -0.4 is 5.73 Å². The van der Waals surface area contributed by atoms with Crippen molar-refractivity contribution in [1.82, 2.24) is 9.80 Å². The molecule has 0 aliphatic carbocycles. The van der Waals surface area contributed by atoms with E-state index in [0.717, 1.165) is 29.5 Å². The molecule has 2 aliphatic rings. The molecule has 33 heavy (non-hydrogen) atoms. The summed E-state index contributed by atoms with van der Waals surface area (Å²) < 4.78 is 0. The third-order valence-corrected chi connectivity index (χ3v) is 7.23. The van der Waals surface area contributed by atoms with Gasteiger partial charge in [0.2, 0.25) is 17.7 Å². The number of nitrogens with two attached hydrogens (primary N) is 1. The molecule has 2 heterocycles. The molecule has 0 saturated carbocycles. The molecule has 2 aliphatic heterocycles. The van der Waals surface area contributed by atoms with E-state index < -0.39 is 11.5 Å². The van der Waals surface area contributed by atoms with E-state index >= 15 is 0 Å². The van der Waals surface area contributed by atoms with Crippen molar-refractivity contribution in [3.63, 3.8) is 0 Å². The topological polar surface area (TPSA) is 83.7 Å². The second-order valence-electron chi connectivity index (χ2n) is 9.61. The lowest BCUT2D eigenvalue weighted by Crippen LogP contribution is -2.56. The molecular formula is C27H33N3O3. The van der Waals surface area contributed by atoms with Gasteiger partial charge in [0.1, 0.15) is 6.04 Å². The first-order chi connectivity index (χ1) is 15.8. The van der Waals surface area contributed by atoms with Gasteiger partial charge in [-0.05, 0) is 56.2 Å². The minimum absolute atomic E-state index is 0.0303. The number of primary amides is 1. The predicted octanol–water partition coefficient (Wildman–Crippen LogP) is 3.31. The molecule has 2 aromatic rings. The lowest BCUT2D eigenvalue weighted by molar-refractivity contribution is -0.147. The molecule has 0 unspecified atom stereocenters. The minimum atomic E-state index is -0.798. The molecule has 2 aromatic carbocycles. The van der Waals surface area contributed by atoms with Crippen LogP contribution in [0.15, 0.2) is 48.5 Å². The Labute approximate surface area is 195 Å². The van der Waals surface area contributed by atoms with E-state index in [1.807, 2.05) is 12.1 Å². The number of amides is 3. The van der Waals surface area contributed by atoms with Crippen molar-refractivity contribution in [2.24, 2.45) is 11.1 Å². The summed E-state index contributed by atoms with van der Waals surface area (Å²) in [5.74, 6) is -0.430. The SMILES string of the molecule is Cc1ccc(-c2ccc(C[C@]3(C(N)=O)CCCN(C(=O)[C@@H](C)N4CCCC4=O)C3)cc2)cc1. The number of likely N-dealkylation sites (tertiary alicyclic amines) is 2. The normalized spacial score (nSPS) is 21.8. The summed E-state index contributed by atoms with van der Waals surface area (Å²) in [5.41, 5.74) is 9.65. The quantitative estimate of drug-likeness (QED) is 0.737. The molecule has 2 saturated heterocycles. The largest absolute Gasteiger partial charge is 0.369 e. The van der Waals surface area contributed by atoms with Gasteiger partial charge in [0.25, 0.3) is 0 Å². The fourth-order valence-electron chi connectivity index (χ4n) is 5.18. The Bertz CT molecular complexity index is 1030. The van der Waals surface area contributed by atoms with Crippen LogP contribution in [-0.2, 0) is 20.8 Å². The highest BCUT2D eigenvalue weighted by molar-refractivity contribution is 5.89. The smallest absolute Gasteiger partial charge is 0.245 e. The van der Waals surface area contributed by atoms with Crippen molar-refractivity contribution in [1.29, 1.82) is 0 Å². The first-order valence-corrected chi connectivity index (χ1v) is 11.8. The maximum atomic E-state index is 13.2. The van der Waals surface area contributed by atoms with Crippen molar-refractivity contribution in [2.45, 2.75) is 52.0 Å². The second-order valence-corrected chi connectivity index (χ2v) is 9.61. The summed E-state index contributed by atoms with van der Waals surface area (Å²) in [4.78, 5) is 41.4. The predicted molar refractivity (Wildman–Crippen MR) is 128 cm³/mol. The van der Waals surface area contributed by atoms with E-state index in [2.05, 4.69) is 43.3 Å². The summed E-state index contributed by atoms with van der Waals surface area (Å²) >= 11 is 0. The third-order valence-electron chi connectivity index (χ3n) is 7.23. The van der Waals surface area contributed by atoms with Gasteiger partial charge in [-0.1, -0.05) is 54.1 Å². The van der Waals surface area contributed by atoms with Gasteiger partial charge >= 0.3 is 0 Å². The van der Waals surface area contributed by atoms with Gasteiger partial charge in [-0.2, -0.15) is 0 Å². The summed E-state index contributed by atoms with van der Waals surface area (Å²) in [6.07, 6.45) is 3.17. The van der Waals surface area contributed by atoms with Crippen LogP contribution in [0.4, 0.5) is 0 Å². The van der Waals surface area contributed by atoms with Crippen molar-refractivity contribution in [3.8, 4) is 11.1 Å². The molecule has 6 heteroatoms. The van der Waals surface area contributed by atoms with E-state index in [1.165, 1.54) is 5.56 Å². The Morgan fingerprint density at radius 2 is 1.64 bits per heavy atom. The molecule has 0 aromatic heterocycles. The Morgan fingerprint density at radius 3 is 2.21 bits per heavy atom. The monoisotopic (exact) mass is 447 g/mol. The van der Waals surface area contributed by atoms with Crippen LogP contribution in [-0.4, -0.2) is 53.2 Å². The summed E-state index contributed by atoms with van der Waals surface area (Å²) in [5, 5.41) is 0. The lowest BCUT2D eigenvalue weighted by atomic mass is 9.74. The Balaban J connectivity index is 1.49. The average molecular weight is 448 g/mol. The van der Waals surface area contributed by atoms with Gasteiger partial charge in [-0.3, -0.25) is 14.4 Å². The Morgan fingerprint density at radius 1 is 1.00 bits per heavy atom. The zero-order valence-corrected chi connectivity index (χ0v) is 19.5. The van der Waals surface area contributed by atoms with Gasteiger partial charge in [0.05, 0.1) is 5.41 Å². The van der Waals surface area contributed by atoms with E-state index in [1.54, 1.807) is 16.7 Å². The molecular weight excluding hydrogens is 414 g/mol. The first kappa shape index (κ1) is 23.0. The fourth-order valence-corrected chi connectivity index (χ4v) is 5.18. The summed E-state index contributed by atoms with van der Waals surface area (Å²) in [6.45, 7) is 5.36. The van der Waals surface area contributed by atoms with Gasteiger partial charge in [-0.25, -0.2) is 0 Å². The standard InChI is InChI=1S/C27H33N3O3/c1-19-6-10-22(11-7-19)23-12-8-21(9-13-23)17-27(26(28)33)14-4-15-29(18-27)25(32)20(2)30-16-3-5-24(30)31/h6-13,20H,3-5,14-18H2,1-2H3,(H2,28,33)/t20-,27-/m1/s1. The minimum Gasteiger partial charge on any atom is -0.369 e. The number of rotatable bonds is 6. The van der Waals surface area contributed by atoms with Crippen LogP contribution in [0.2, 0.25) is 0 Å². The van der Waals surface area contributed by atoms with Gasteiger partial charge in [0, 0.05) is 26.1 Å². The lowest BCUT2D eigenvalue weighted by Gasteiger charge is -2.42. The molecule has 0 bridgehead atoms. The van der Waals surface area contributed by atoms with Crippen LogP contribution in [0.5, 0.6) is 0 Å². The van der Waals surface area contributed by atoms with Gasteiger partial charge in [0.15, 0.2) is 0 Å². The van der Waals surface area contributed by atoms with Crippen molar-refractivity contribution in [3.05, 3.63) is 59.7 Å². The van der Waals surface area contributed by atoms with Crippen LogP contribution in [0.25, 0.3) is 11.1 Å². The highest BCUT2D eigenvalue weighted by atomic mass is 16.2. The van der Waals surface area contributed by atoms with Gasteiger partial charge < -0.3 is 15.5 Å². The van der Waals surface area contributed by atoms with E-state index in [-0.39, 0.29) is 17.7 Å². The molecule has 174 valence electrons. The van der Waals surface area contributed by atoms with Crippen LogP contribution in [0, 0.1) is 12.3 Å². The number of hydrogen-bond donors (Lipinski definition) is 1. The fraction of sp³-hybridized carbons (Fsp3) is 0.444. The molecule has 3 amide bonds. The van der Waals surface area contributed by atoms with Crippen LogP contribution in [0.3, 0.4) is 0 Å². The van der Waals surface area contributed by atoms with E-state index in [4.69, 9.17) is 5.73 Å². The third kappa shape index (κ3) is 4.80. The number of nitrogens with zero attached hydrogens (tertiary/aromatic N) is 2. The molecule has 2 atom stereocenters. The highest BCUT2D eigenvalue weighted by Crippen LogP contribution is 2.35. The first-order valence-electron chi connectivity index (χ1n) is 11.8. The molecule has 2 fully saturated rings. The molecule has 0 radical (unpaired) electrons. The molecule has 2 N–H and O–H groups in total. The number of piperidine rings is 1. The number of aryl methyl sites for hydroxylation is 1. The van der Waals surface area contributed by atoms with Crippen LogP contribution in [0.1, 0.15) is 43.7 Å². The van der Waals surface area contributed by atoms with E-state index in [0.29, 0.717) is 38.9 Å². The molecule has 6 nitrogen and oxygen atoms in total. The Hall–Kier alpha value is -3.15. The number of carbonyl (C=O) groups is 3.